The van der Waals surface area contributed by atoms with Gasteiger partial charge in [-0.3, -0.25) is 4.79 Å². The molecule has 0 unspecified atom stereocenters. The Labute approximate surface area is 346 Å². The van der Waals surface area contributed by atoms with Crippen molar-refractivity contribution in [2.24, 2.45) is 0 Å². The Kier molecular flexibility index (Phi) is 12.5. The summed E-state index contributed by atoms with van der Waals surface area (Å²) in [6.45, 7) is 3.88. The molecule has 4 aromatic rings. The van der Waals surface area contributed by atoms with Gasteiger partial charge >= 0.3 is 6.03 Å². The maximum absolute atomic E-state index is 12.7. The first kappa shape index (κ1) is 41.3. The van der Waals surface area contributed by atoms with E-state index >= 15 is 0 Å². The molecule has 3 aromatic carbocycles. The van der Waals surface area contributed by atoms with E-state index < -0.39 is 15.6 Å². The van der Waals surface area contributed by atoms with Crippen LogP contribution in [0.4, 0.5) is 10.7 Å². The molecule has 0 saturated carbocycles. The van der Waals surface area contributed by atoms with Crippen molar-refractivity contribution in [1.29, 1.82) is 0 Å². The summed E-state index contributed by atoms with van der Waals surface area (Å²) >= 11 is 29.9. The summed E-state index contributed by atoms with van der Waals surface area (Å²) in [5.74, 6) is 0.922. The van der Waals surface area contributed by atoms with Crippen molar-refractivity contribution in [3.8, 4) is 0 Å². The number of hydrogen-bond donors (Lipinski definition) is 1. The van der Waals surface area contributed by atoms with Crippen molar-refractivity contribution in [3.05, 3.63) is 115 Å². The van der Waals surface area contributed by atoms with Crippen LogP contribution < -0.4 is 10.2 Å². The lowest BCUT2D eigenvalue weighted by Gasteiger charge is -2.62. The van der Waals surface area contributed by atoms with Gasteiger partial charge in [0.1, 0.15) is 0 Å². The van der Waals surface area contributed by atoms with Crippen LogP contribution >= 0.6 is 58.0 Å². The lowest BCUT2D eigenvalue weighted by atomic mass is 9.77. The number of amides is 3. The van der Waals surface area contributed by atoms with Gasteiger partial charge in [0.05, 0.1) is 16.0 Å². The number of sulfonamides is 1. The third-order valence-electron chi connectivity index (χ3n) is 10.6. The number of nitrogens with one attached hydrogen (secondary N) is 1. The molecule has 0 bridgehead atoms. The van der Waals surface area contributed by atoms with Gasteiger partial charge in [0.25, 0.3) is 0 Å². The van der Waals surface area contributed by atoms with Crippen molar-refractivity contribution in [2.75, 3.05) is 44.2 Å². The second-order valence-corrected chi connectivity index (χ2v) is 18.0. The average molecular weight is 868 g/mol. The van der Waals surface area contributed by atoms with Crippen molar-refractivity contribution < 1.29 is 18.0 Å². The highest BCUT2D eigenvalue weighted by atomic mass is 35.5. The molecule has 4 saturated heterocycles. The Balaban J connectivity index is 0.000000185. The Morgan fingerprint density at radius 3 is 1.87 bits per heavy atom. The number of aromatic nitrogens is 2. The third-order valence-corrected chi connectivity index (χ3v) is 13.8. The number of hydrogen-bond acceptors (Lipinski definition) is 7. The highest BCUT2D eigenvalue weighted by Crippen LogP contribution is 2.43. The summed E-state index contributed by atoms with van der Waals surface area (Å²) < 4.78 is 26.9. The molecule has 292 valence electrons. The molecule has 2 spiro atoms. The molecular formula is C38H40Cl5N7O4S. The first-order chi connectivity index (χ1) is 25.8. The number of benzene rings is 3. The van der Waals surface area contributed by atoms with Crippen LogP contribution in [-0.4, -0.2) is 94.8 Å². The fourth-order valence-corrected chi connectivity index (χ4v) is 9.93. The highest BCUT2D eigenvalue weighted by molar-refractivity contribution is 7.89. The smallest absolute Gasteiger partial charge is 0.318 e. The minimum Gasteiger partial charge on any atom is -0.338 e. The van der Waals surface area contributed by atoms with Gasteiger partial charge in [0.15, 0.2) is 0 Å². The molecule has 55 heavy (non-hydrogen) atoms. The van der Waals surface area contributed by atoms with Crippen LogP contribution in [0.25, 0.3) is 0 Å². The van der Waals surface area contributed by atoms with Crippen LogP contribution in [0.15, 0.2) is 84.0 Å². The van der Waals surface area contributed by atoms with Crippen LogP contribution in [0.5, 0.6) is 0 Å². The predicted octanol–water partition coefficient (Wildman–Crippen LogP) is 7.85. The van der Waals surface area contributed by atoms with Gasteiger partial charge in [-0.25, -0.2) is 23.2 Å². The molecule has 1 N–H and O–H groups in total. The van der Waals surface area contributed by atoms with E-state index in [1.54, 1.807) is 59.8 Å². The van der Waals surface area contributed by atoms with Crippen molar-refractivity contribution in [2.45, 2.75) is 55.6 Å². The monoisotopic (exact) mass is 865 g/mol. The van der Waals surface area contributed by atoms with Gasteiger partial charge in [-0.15, -0.1) is 0 Å². The normalized spacial score (nSPS) is 17.8. The molecule has 1 aromatic heterocycles. The third kappa shape index (κ3) is 8.51. The van der Waals surface area contributed by atoms with Gasteiger partial charge in [0, 0.05) is 89.7 Å². The molecule has 5 heterocycles. The number of carbonyl (C=O) groups excluding carboxylic acids is 2. The van der Waals surface area contributed by atoms with Gasteiger partial charge in [-0.2, -0.15) is 4.31 Å². The fourth-order valence-electron chi connectivity index (χ4n) is 7.23. The lowest BCUT2D eigenvalue weighted by molar-refractivity contribution is -0.140. The van der Waals surface area contributed by atoms with Crippen LogP contribution in [-0.2, 0) is 27.8 Å². The quantitative estimate of drug-likeness (QED) is 0.192. The molecule has 11 nitrogen and oxygen atoms in total. The van der Waals surface area contributed by atoms with Gasteiger partial charge in [-0.05, 0) is 85.0 Å². The zero-order chi connectivity index (χ0) is 38.3. The topological polar surface area (TPSA) is 119 Å². The number of aryl methyl sites for hydroxylation is 1. The van der Waals surface area contributed by atoms with E-state index in [2.05, 4.69) is 20.2 Å². The van der Waals surface area contributed by atoms with E-state index in [0.717, 1.165) is 49.6 Å². The minimum absolute atomic E-state index is 0. The maximum atomic E-state index is 12.7. The number of likely N-dealkylation sites (tertiary alicyclic amines) is 2. The second kappa shape index (κ2) is 16.6. The Morgan fingerprint density at radius 2 is 1.33 bits per heavy atom. The summed E-state index contributed by atoms with van der Waals surface area (Å²) in [7, 11) is -3.59. The molecule has 8 rings (SSSR count). The van der Waals surface area contributed by atoms with E-state index in [4.69, 9.17) is 58.0 Å². The number of urea groups is 1. The summed E-state index contributed by atoms with van der Waals surface area (Å²) in [5.41, 5.74) is 1.32. The summed E-state index contributed by atoms with van der Waals surface area (Å²) in [5, 5.41) is 5.57. The molecule has 4 aliphatic rings. The van der Waals surface area contributed by atoms with E-state index in [9.17, 15) is 18.0 Å². The fraction of sp³-hybridized carbons (Fsp3) is 0.368. The Morgan fingerprint density at radius 1 is 0.745 bits per heavy atom. The molecule has 4 aliphatic heterocycles. The first-order valence-corrected chi connectivity index (χ1v) is 20.6. The molecule has 3 amide bonds. The van der Waals surface area contributed by atoms with Crippen LogP contribution in [0.1, 0.15) is 37.8 Å². The zero-order valence-electron chi connectivity index (χ0n) is 28.9. The van der Waals surface area contributed by atoms with Gasteiger partial charge < -0.3 is 20.0 Å². The predicted molar refractivity (Wildman–Crippen MR) is 218 cm³/mol. The van der Waals surface area contributed by atoms with Gasteiger partial charge in [-0.1, -0.05) is 77.6 Å². The number of nitrogens with zero attached hydrogens (tertiary/aromatic N) is 6. The minimum atomic E-state index is -3.59. The Bertz CT molecular complexity index is 2150. The number of carbonyl (C=O) groups is 2. The number of rotatable bonds is 8. The molecule has 0 aliphatic carbocycles. The Hall–Kier alpha value is -3.36. The van der Waals surface area contributed by atoms with E-state index in [0.29, 0.717) is 44.5 Å². The zero-order valence-corrected chi connectivity index (χ0v) is 33.5. The standard InChI is InChI=1S/C19H18Cl3N3O3S.C18H18Cl2N4O.CH4/c20-14-3-5-16(6-4-14)29(27,28)24-11-19(12-24)7-8-25(19)18(26)23-10-13-1-2-15(21)9-17(13)22;19-14-4-2-13(15(20)10-14)3-5-16(25)23-11-18(12-23)6-9-24(18)17-21-7-1-8-22-17;/h1-6,9H,7-8,10-12H2,(H,23,26);1-2,4,7-8,10H,3,5-6,9,11-12H2;1H4. The van der Waals surface area contributed by atoms with Crippen molar-refractivity contribution >= 4 is 85.9 Å². The SMILES string of the molecule is C.O=C(CCc1ccc(Cl)cc1Cl)N1CC2(CCN2c2ncccn2)C1.O=C(NCc1ccc(Cl)cc1Cl)N1CCC12CN(S(=O)(=O)c1ccc(Cl)cc1)C2. The maximum Gasteiger partial charge on any atom is 0.318 e. The highest BCUT2D eigenvalue weighted by Gasteiger charge is 2.58. The largest absolute Gasteiger partial charge is 0.338 e. The van der Waals surface area contributed by atoms with E-state index in [1.807, 2.05) is 17.0 Å². The van der Waals surface area contributed by atoms with Gasteiger partial charge in [0.2, 0.25) is 21.9 Å². The van der Waals surface area contributed by atoms with E-state index in [-0.39, 0.29) is 49.4 Å². The van der Waals surface area contributed by atoms with Crippen LogP contribution in [0.2, 0.25) is 25.1 Å². The molecule has 17 heteroatoms. The number of anilines is 1. The first-order valence-electron chi connectivity index (χ1n) is 17.3. The van der Waals surface area contributed by atoms with Crippen LogP contribution in [0, 0.1) is 0 Å². The van der Waals surface area contributed by atoms with Crippen molar-refractivity contribution in [3.63, 3.8) is 0 Å². The summed E-state index contributed by atoms with van der Waals surface area (Å²) in [4.78, 5) is 39.7. The van der Waals surface area contributed by atoms with Crippen molar-refractivity contribution in [1.82, 2.24) is 29.4 Å². The molecule has 0 atom stereocenters. The van der Waals surface area contributed by atoms with E-state index in [1.165, 1.54) is 16.4 Å². The summed E-state index contributed by atoms with van der Waals surface area (Å²) in [6, 6.07) is 18.2. The second-order valence-electron chi connectivity index (χ2n) is 13.9. The summed E-state index contributed by atoms with van der Waals surface area (Å²) in [6.07, 6.45) is 6.45. The van der Waals surface area contributed by atoms with Crippen LogP contribution in [0.3, 0.4) is 0 Å². The average Bonchev–Trinajstić information content (AvgIpc) is 3.06. The molecule has 4 fully saturated rings. The lowest BCUT2D eigenvalue weighted by Crippen LogP contribution is -2.79. The molecular weight excluding hydrogens is 828 g/mol. The molecule has 0 radical (unpaired) electrons. The number of halogens is 5.